The van der Waals surface area contributed by atoms with Gasteiger partial charge in [0.1, 0.15) is 0 Å². The molecule has 0 aromatic heterocycles. The molecule has 124 valence electrons. The summed E-state index contributed by atoms with van der Waals surface area (Å²) in [5.74, 6) is 0. The molecule has 1 aliphatic carbocycles. The number of hydrogen-bond acceptors (Lipinski definition) is 2. The molecule has 1 heterocycles. The van der Waals surface area contributed by atoms with E-state index >= 15 is 0 Å². The largest absolute Gasteiger partial charge is 0.351 e. The average molecular weight is 308 g/mol. The van der Waals surface area contributed by atoms with Crippen LogP contribution in [0.15, 0.2) is 11.1 Å². The molecule has 0 radical (unpaired) electrons. The van der Waals surface area contributed by atoms with Crippen molar-refractivity contribution in [2.24, 2.45) is 11.1 Å². The van der Waals surface area contributed by atoms with Crippen LogP contribution in [0.4, 0.5) is 9.59 Å². The van der Waals surface area contributed by atoms with E-state index in [9.17, 15) is 9.59 Å². The Morgan fingerprint density at radius 2 is 1.77 bits per heavy atom. The lowest BCUT2D eigenvalue weighted by atomic mass is 9.73. The normalized spacial score (nSPS) is 21.8. The van der Waals surface area contributed by atoms with Crippen LogP contribution in [0.1, 0.15) is 40.0 Å². The summed E-state index contributed by atoms with van der Waals surface area (Å²) in [4.78, 5) is 26.7. The van der Waals surface area contributed by atoms with E-state index in [1.54, 1.807) is 9.80 Å². The van der Waals surface area contributed by atoms with Crippen molar-refractivity contribution in [3.05, 3.63) is 11.1 Å². The molecule has 0 aromatic carbocycles. The SMILES string of the molecule is CC1=C(CNC(=O)N2CCN(C(N)=O)CC2)C(C)(C)CCC1. The number of hydrogen-bond donors (Lipinski definition) is 2. The maximum atomic E-state index is 12.3. The standard InChI is InChI=1S/C16H28N4O2/c1-12-5-4-6-16(2,3)13(12)11-18-15(22)20-9-7-19(8-10-20)14(17)21/h4-11H2,1-3H3,(H2,17,21)(H,18,22). The third kappa shape index (κ3) is 3.72. The van der Waals surface area contributed by atoms with Crippen molar-refractivity contribution < 1.29 is 9.59 Å². The van der Waals surface area contributed by atoms with Crippen molar-refractivity contribution in [1.82, 2.24) is 15.1 Å². The highest BCUT2D eigenvalue weighted by Crippen LogP contribution is 2.39. The smallest absolute Gasteiger partial charge is 0.317 e. The van der Waals surface area contributed by atoms with E-state index in [1.807, 2.05) is 0 Å². The monoisotopic (exact) mass is 308 g/mol. The molecular weight excluding hydrogens is 280 g/mol. The Morgan fingerprint density at radius 3 is 2.32 bits per heavy atom. The number of allylic oxidation sites excluding steroid dienone is 1. The molecule has 3 N–H and O–H groups in total. The van der Waals surface area contributed by atoms with Crippen LogP contribution in [0, 0.1) is 5.41 Å². The van der Waals surface area contributed by atoms with Gasteiger partial charge in [-0.05, 0) is 37.2 Å². The molecule has 1 aliphatic heterocycles. The second-order valence-electron chi connectivity index (χ2n) is 6.97. The van der Waals surface area contributed by atoms with Crippen LogP contribution in [-0.4, -0.2) is 54.6 Å². The van der Waals surface area contributed by atoms with E-state index in [-0.39, 0.29) is 11.4 Å². The van der Waals surface area contributed by atoms with Gasteiger partial charge in [0.15, 0.2) is 0 Å². The lowest BCUT2D eigenvalue weighted by Crippen LogP contribution is -2.54. The maximum Gasteiger partial charge on any atom is 0.317 e. The Kier molecular flexibility index (Phi) is 4.98. The number of nitrogens with zero attached hydrogens (tertiary/aromatic N) is 2. The second-order valence-corrected chi connectivity index (χ2v) is 6.97. The Labute approximate surface area is 132 Å². The van der Waals surface area contributed by atoms with Crippen molar-refractivity contribution in [2.75, 3.05) is 32.7 Å². The predicted octanol–water partition coefficient (Wildman–Crippen LogP) is 1.92. The van der Waals surface area contributed by atoms with Gasteiger partial charge in [0.05, 0.1) is 0 Å². The van der Waals surface area contributed by atoms with Gasteiger partial charge in [-0.1, -0.05) is 19.4 Å². The Morgan fingerprint density at radius 1 is 1.18 bits per heavy atom. The second kappa shape index (κ2) is 6.58. The highest BCUT2D eigenvalue weighted by molar-refractivity contribution is 5.76. The van der Waals surface area contributed by atoms with Crippen LogP contribution < -0.4 is 11.1 Å². The fraction of sp³-hybridized carbons (Fsp3) is 0.750. The van der Waals surface area contributed by atoms with Crippen LogP contribution in [0.25, 0.3) is 0 Å². The van der Waals surface area contributed by atoms with Crippen molar-refractivity contribution in [3.8, 4) is 0 Å². The first-order chi connectivity index (χ1) is 10.3. The number of nitrogens with two attached hydrogens (primary N) is 1. The summed E-state index contributed by atoms with van der Waals surface area (Å²) in [5, 5.41) is 3.05. The molecule has 0 saturated carbocycles. The van der Waals surface area contributed by atoms with Crippen LogP contribution in [0.5, 0.6) is 0 Å². The van der Waals surface area contributed by atoms with Gasteiger partial charge in [0.2, 0.25) is 0 Å². The minimum absolute atomic E-state index is 0.0502. The lowest BCUT2D eigenvalue weighted by Gasteiger charge is -2.36. The third-order valence-corrected chi connectivity index (χ3v) is 4.98. The molecule has 6 heteroatoms. The molecule has 2 rings (SSSR count). The van der Waals surface area contributed by atoms with Gasteiger partial charge in [-0.15, -0.1) is 0 Å². The topological polar surface area (TPSA) is 78.7 Å². The molecule has 22 heavy (non-hydrogen) atoms. The molecule has 0 spiro atoms. The highest BCUT2D eigenvalue weighted by Gasteiger charge is 2.29. The molecule has 0 aromatic rings. The van der Waals surface area contributed by atoms with Gasteiger partial charge in [0, 0.05) is 32.7 Å². The summed E-state index contributed by atoms with van der Waals surface area (Å²) >= 11 is 0. The summed E-state index contributed by atoms with van der Waals surface area (Å²) in [5.41, 5.74) is 8.19. The number of primary amides is 1. The molecule has 0 bridgehead atoms. The van der Waals surface area contributed by atoms with Gasteiger partial charge in [-0.2, -0.15) is 0 Å². The number of carbonyl (C=O) groups is 2. The maximum absolute atomic E-state index is 12.3. The zero-order chi connectivity index (χ0) is 16.3. The number of amides is 4. The van der Waals surface area contributed by atoms with Crippen LogP contribution in [0.2, 0.25) is 0 Å². The van der Waals surface area contributed by atoms with Crippen molar-refractivity contribution >= 4 is 12.1 Å². The highest BCUT2D eigenvalue weighted by atomic mass is 16.2. The van der Waals surface area contributed by atoms with Crippen LogP contribution in [0.3, 0.4) is 0 Å². The molecule has 6 nitrogen and oxygen atoms in total. The molecule has 0 atom stereocenters. The molecule has 1 fully saturated rings. The predicted molar refractivity (Wildman–Crippen MR) is 86.5 cm³/mol. The van der Waals surface area contributed by atoms with Crippen LogP contribution in [-0.2, 0) is 0 Å². The minimum atomic E-state index is -0.412. The van der Waals surface area contributed by atoms with Gasteiger partial charge >= 0.3 is 12.1 Å². The fourth-order valence-corrected chi connectivity index (χ4v) is 3.47. The van der Waals surface area contributed by atoms with Crippen molar-refractivity contribution in [3.63, 3.8) is 0 Å². The van der Waals surface area contributed by atoms with Crippen molar-refractivity contribution in [1.29, 1.82) is 0 Å². The lowest BCUT2D eigenvalue weighted by molar-refractivity contribution is 0.147. The molecule has 1 saturated heterocycles. The fourth-order valence-electron chi connectivity index (χ4n) is 3.47. The number of piperazine rings is 1. The minimum Gasteiger partial charge on any atom is -0.351 e. The van der Waals surface area contributed by atoms with E-state index in [0.29, 0.717) is 32.7 Å². The summed E-state index contributed by atoms with van der Waals surface area (Å²) in [7, 11) is 0. The van der Waals surface area contributed by atoms with E-state index in [1.165, 1.54) is 24.0 Å². The summed E-state index contributed by atoms with van der Waals surface area (Å²) in [6, 6.07) is -0.462. The van der Waals surface area contributed by atoms with Gasteiger partial charge in [-0.25, -0.2) is 9.59 Å². The molecule has 0 unspecified atom stereocenters. The Hall–Kier alpha value is -1.72. The number of rotatable bonds is 2. The Balaban J connectivity index is 1.87. The average Bonchev–Trinajstić information content (AvgIpc) is 2.46. The van der Waals surface area contributed by atoms with Gasteiger partial charge in [-0.3, -0.25) is 0 Å². The third-order valence-electron chi connectivity index (χ3n) is 4.98. The van der Waals surface area contributed by atoms with E-state index < -0.39 is 6.03 Å². The first kappa shape index (κ1) is 16.6. The van der Waals surface area contributed by atoms with E-state index in [2.05, 4.69) is 26.1 Å². The van der Waals surface area contributed by atoms with E-state index in [4.69, 9.17) is 5.73 Å². The molecule has 2 aliphatic rings. The Bertz CT molecular complexity index is 477. The summed E-state index contributed by atoms with van der Waals surface area (Å²) in [6.07, 6.45) is 3.53. The number of carbonyl (C=O) groups excluding carboxylic acids is 2. The number of nitrogens with one attached hydrogen (secondary N) is 1. The summed E-state index contributed by atoms with van der Waals surface area (Å²) in [6.45, 7) is 9.39. The molecular formula is C16H28N4O2. The zero-order valence-electron chi connectivity index (χ0n) is 13.9. The van der Waals surface area contributed by atoms with Crippen LogP contribution >= 0.6 is 0 Å². The first-order valence-corrected chi connectivity index (χ1v) is 8.07. The number of urea groups is 2. The van der Waals surface area contributed by atoms with Gasteiger partial charge in [0.25, 0.3) is 0 Å². The quantitative estimate of drug-likeness (QED) is 0.764. The zero-order valence-corrected chi connectivity index (χ0v) is 13.9. The van der Waals surface area contributed by atoms with E-state index in [0.717, 1.165) is 6.42 Å². The summed E-state index contributed by atoms with van der Waals surface area (Å²) < 4.78 is 0. The molecule has 4 amide bonds. The first-order valence-electron chi connectivity index (χ1n) is 8.07. The van der Waals surface area contributed by atoms with Crippen molar-refractivity contribution in [2.45, 2.75) is 40.0 Å². The van der Waals surface area contributed by atoms with Gasteiger partial charge < -0.3 is 20.9 Å².